The second-order valence-corrected chi connectivity index (χ2v) is 8.71. The third-order valence-electron chi connectivity index (χ3n) is 6.83. The Balaban J connectivity index is 1.50. The Morgan fingerprint density at radius 1 is 0.903 bits per heavy atom. The van der Waals surface area contributed by atoms with Crippen LogP contribution in [0, 0.1) is 17.6 Å². The summed E-state index contributed by atoms with van der Waals surface area (Å²) in [6, 6.07) is 12.9. The third-order valence-corrected chi connectivity index (χ3v) is 6.83. The standard InChI is InChI=1S/C25H31F2N3O/c1-3-28-13-12-18(2)23(28)25(31)30-16-14-29(15-17-30)24(19-4-8-21(26)9-5-19)20-6-10-22(27)11-7-20/h4-11,18,23-24H,3,12-17H2,1-2H3/t18-,23-/m0/s1. The predicted octanol–water partition coefficient (Wildman–Crippen LogP) is 3.93. The van der Waals surface area contributed by atoms with Crippen LogP contribution in [-0.2, 0) is 4.79 Å². The van der Waals surface area contributed by atoms with Gasteiger partial charge < -0.3 is 4.90 Å². The van der Waals surface area contributed by atoms with Crippen LogP contribution in [0.25, 0.3) is 0 Å². The lowest BCUT2D eigenvalue weighted by molar-refractivity contribution is -0.139. The highest BCUT2D eigenvalue weighted by Gasteiger charge is 2.39. The van der Waals surface area contributed by atoms with Gasteiger partial charge in [0.2, 0.25) is 5.91 Å². The number of carbonyl (C=O) groups is 1. The lowest BCUT2D eigenvalue weighted by Crippen LogP contribution is -2.55. The quantitative estimate of drug-likeness (QED) is 0.724. The molecule has 2 heterocycles. The molecule has 0 N–H and O–H groups in total. The first kappa shape index (κ1) is 21.9. The van der Waals surface area contributed by atoms with E-state index in [0.29, 0.717) is 19.0 Å². The largest absolute Gasteiger partial charge is 0.339 e. The van der Waals surface area contributed by atoms with Gasteiger partial charge in [-0.2, -0.15) is 0 Å². The van der Waals surface area contributed by atoms with E-state index in [4.69, 9.17) is 0 Å². The number of nitrogens with zero attached hydrogens (tertiary/aromatic N) is 3. The normalized spacial score (nSPS) is 22.9. The van der Waals surface area contributed by atoms with Crippen LogP contribution in [0.4, 0.5) is 8.78 Å². The summed E-state index contributed by atoms with van der Waals surface area (Å²) in [5.74, 6) is 0.0784. The fraction of sp³-hybridized carbons (Fsp3) is 0.480. The molecule has 6 heteroatoms. The van der Waals surface area contributed by atoms with Crippen LogP contribution in [0.1, 0.15) is 37.4 Å². The van der Waals surface area contributed by atoms with Gasteiger partial charge >= 0.3 is 0 Å². The number of hydrogen-bond donors (Lipinski definition) is 0. The molecule has 2 aliphatic heterocycles. The number of carbonyl (C=O) groups excluding carboxylic acids is 1. The number of likely N-dealkylation sites (tertiary alicyclic amines) is 1. The first-order valence-corrected chi connectivity index (χ1v) is 11.3. The summed E-state index contributed by atoms with van der Waals surface area (Å²) in [6.07, 6.45) is 1.07. The molecule has 1 amide bonds. The molecule has 0 unspecified atom stereocenters. The van der Waals surface area contributed by atoms with E-state index in [-0.39, 0.29) is 29.6 Å². The molecule has 2 aromatic carbocycles. The maximum atomic E-state index is 13.5. The average molecular weight is 428 g/mol. The molecule has 4 nitrogen and oxygen atoms in total. The highest BCUT2D eigenvalue weighted by atomic mass is 19.1. The minimum atomic E-state index is -0.275. The molecule has 2 atom stereocenters. The molecule has 2 aromatic rings. The molecule has 0 bridgehead atoms. The SMILES string of the molecule is CCN1CC[C@H](C)[C@H]1C(=O)N1CCN(C(c2ccc(F)cc2)c2ccc(F)cc2)CC1. The number of benzene rings is 2. The van der Waals surface area contributed by atoms with Gasteiger partial charge in [0.15, 0.2) is 0 Å². The zero-order valence-corrected chi connectivity index (χ0v) is 18.3. The van der Waals surface area contributed by atoms with Crippen LogP contribution in [0.3, 0.4) is 0 Å². The maximum absolute atomic E-state index is 13.5. The fourth-order valence-corrected chi connectivity index (χ4v) is 5.07. The van der Waals surface area contributed by atoms with E-state index in [2.05, 4.69) is 23.6 Å². The average Bonchev–Trinajstić information content (AvgIpc) is 3.17. The van der Waals surface area contributed by atoms with Crippen molar-refractivity contribution < 1.29 is 13.6 Å². The van der Waals surface area contributed by atoms with E-state index >= 15 is 0 Å². The van der Waals surface area contributed by atoms with Crippen LogP contribution < -0.4 is 0 Å². The van der Waals surface area contributed by atoms with Crippen LogP contribution >= 0.6 is 0 Å². The molecular formula is C25H31F2N3O. The van der Waals surface area contributed by atoms with Crippen molar-refractivity contribution in [3.63, 3.8) is 0 Å². The van der Waals surface area contributed by atoms with Crippen LogP contribution in [0.15, 0.2) is 48.5 Å². The first-order valence-electron chi connectivity index (χ1n) is 11.3. The minimum Gasteiger partial charge on any atom is -0.339 e. The van der Waals surface area contributed by atoms with Gasteiger partial charge in [-0.1, -0.05) is 38.1 Å². The summed E-state index contributed by atoms with van der Waals surface area (Å²) in [4.78, 5) is 19.8. The van der Waals surface area contributed by atoms with Crippen molar-refractivity contribution in [3.8, 4) is 0 Å². The third kappa shape index (κ3) is 4.65. The highest BCUT2D eigenvalue weighted by molar-refractivity contribution is 5.82. The van der Waals surface area contributed by atoms with Crippen molar-refractivity contribution in [1.29, 1.82) is 0 Å². The van der Waals surface area contributed by atoms with Crippen LogP contribution in [0.2, 0.25) is 0 Å². The zero-order chi connectivity index (χ0) is 22.0. The topological polar surface area (TPSA) is 26.8 Å². The van der Waals surface area contributed by atoms with Crippen molar-refractivity contribution in [1.82, 2.24) is 14.7 Å². The van der Waals surface area contributed by atoms with Gasteiger partial charge in [0.1, 0.15) is 11.6 Å². The molecule has 4 rings (SSSR count). The van der Waals surface area contributed by atoms with E-state index in [1.807, 2.05) is 4.90 Å². The summed E-state index contributed by atoms with van der Waals surface area (Å²) in [6.45, 7) is 8.96. The Bertz CT molecular complexity index is 833. The highest BCUT2D eigenvalue weighted by Crippen LogP contribution is 2.31. The predicted molar refractivity (Wildman–Crippen MR) is 118 cm³/mol. The Labute approximate surface area is 183 Å². The molecule has 31 heavy (non-hydrogen) atoms. The monoisotopic (exact) mass is 427 g/mol. The van der Waals surface area contributed by atoms with Crippen molar-refractivity contribution in [3.05, 3.63) is 71.3 Å². The van der Waals surface area contributed by atoms with E-state index in [1.165, 1.54) is 24.3 Å². The summed E-state index contributed by atoms with van der Waals surface area (Å²) in [5.41, 5.74) is 1.93. The van der Waals surface area contributed by atoms with Gasteiger partial charge in [-0.25, -0.2) is 8.78 Å². The van der Waals surface area contributed by atoms with E-state index in [9.17, 15) is 13.6 Å². The summed E-state index contributed by atoms with van der Waals surface area (Å²) in [7, 11) is 0. The molecule has 2 fully saturated rings. The molecule has 0 spiro atoms. The van der Waals surface area contributed by atoms with Crippen molar-refractivity contribution >= 4 is 5.91 Å². The Morgan fingerprint density at radius 2 is 1.42 bits per heavy atom. The Kier molecular flexibility index (Phi) is 6.68. The van der Waals surface area contributed by atoms with Crippen LogP contribution in [0.5, 0.6) is 0 Å². The Hall–Kier alpha value is -2.31. The lowest BCUT2D eigenvalue weighted by Gasteiger charge is -2.41. The van der Waals surface area contributed by atoms with E-state index in [0.717, 1.165) is 43.7 Å². The number of likely N-dealkylation sites (N-methyl/N-ethyl adjacent to an activating group) is 1. The molecule has 2 aliphatic rings. The van der Waals surface area contributed by atoms with Gasteiger partial charge in [-0.15, -0.1) is 0 Å². The van der Waals surface area contributed by atoms with Crippen molar-refractivity contribution in [2.24, 2.45) is 5.92 Å². The van der Waals surface area contributed by atoms with Gasteiger partial charge in [-0.3, -0.25) is 14.6 Å². The molecular weight excluding hydrogens is 396 g/mol. The summed E-state index contributed by atoms with van der Waals surface area (Å²) in [5, 5.41) is 0. The number of amides is 1. The second kappa shape index (κ2) is 9.45. The lowest BCUT2D eigenvalue weighted by atomic mass is 9.96. The first-order chi connectivity index (χ1) is 15.0. The Morgan fingerprint density at radius 3 is 1.90 bits per heavy atom. The summed E-state index contributed by atoms with van der Waals surface area (Å²) < 4.78 is 27.0. The second-order valence-electron chi connectivity index (χ2n) is 8.71. The molecule has 0 saturated carbocycles. The molecule has 0 aromatic heterocycles. The van der Waals surface area contributed by atoms with E-state index in [1.54, 1.807) is 24.3 Å². The van der Waals surface area contributed by atoms with Gasteiger partial charge in [-0.05, 0) is 60.8 Å². The van der Waals surface area contributed by atoms with E-state index < -0.39 is 0 Å². The molecule has 2 saturated heterocycles. The smallest absolute Gasteiger partial charge is 0.240 e. The number of piperazine rings is 1. The van der Waals surface area contributed by atoms with Gasteiger partial charge in [0.05, 0.1) is 12.1 Å². The number of halogens is 2. The number of hydrogen-bond acceptors (Lipinski definition) is 3. The van der Waals surface area contributed by atoms with Gasteiger partial charge in [0, 0.05) is 26.2 Å². The summed E-state index contributed by atoms with van der Waals surface area (Å²) >= 11 is 0. The maximum Gasteiger partial charge on any atom is 0.240 e. The van der Waals surface area contributed by atoms with Gasteiger partial charge in [0.25, 0.3) is 0 Å². The van der Waals surface area contributed by atoms with Crippen molar-refractivity contribution in [2.45, 2.75) is 32.4 Å². The minimum absolute atomic E-state index is 0.0125. The zero-order valence-electron chi connectivity index (χ0n) is 18.3. The molecule has 0 aliphatic carbocycles. The van der Waals surface area contributed by atoms with Crippen molar-refractivity contribution in [2.75, 3.05) is 39.3 Å². The molecule has 166 valence electrons. The fourth-order valence-electron chi connectivity index (χ4n) is 5.07. The number of rotatable bonds is 5. The van der Waals surface area contributed by atoms with Crippen LogP contribution in [-0.4, -0.2) is 65.9 Å². The molecule has 0 radical (unpaired) electrons.